The van der Waals surface area contributed by atoms with E-state index in [-0.39, 0.29) is 5.97 Å². The largest absolute Gasteiger partial charge is 0.462 e. The second kappa shape index (κ2) is 2.26. The molecule has 56 valence electrons. The highest BCUT2D eigenvalue weighted by Gasteiger charge is 2.34. The van der Waals surface area contributed by atoms with Crippen LogP contribution in [0.3, 0.4) is 0 Å². The van der Waals surface area contributed by atoms with Crippen LogP contribution < -0.4 is 0 Å². The van der Waals surface area contributed by atoms with Crippen molar-refractivity contribution < 1.29 is 9.53 Å². The van der Waals surface area contributed by atoms with Gasteiger partial charge in [-0.05, 0) is 31.6 Å². The van der Waals surface area contributed by atoms with E-state index in [0.29, 0.717) is 18.4 Å². The number of hydrogen-bond acceptors (Lipinski definition) is 2. The van der Waals surface area contributed by atoms with E-state index in [9.17, 15) is 4.79 Å². The van der Waals surface area contributed by atoms with Crippen molar-refractivity contribution in [3.8, 4) is 0 Å². The summed E-state index contributed by atoms with van der Waals surface area (Å²) >= 11 is 0. The highest BCUT2D eigenvalue weighted by atomic mass is 16.5. The molecule has 1 saturated carbocycles. The Bertz CT molecular complexity index is 153. The third kappa shape index (κ3) is 0.917. The number of rotatable bonds is 0. The van der Waals surface area contributed by atoms with Crippen LogP contribution in [0.5, 0.6) is 0 Å². The molecule has 2 rings (SSSR count). The Morgan fingerprint density at radius 1 is 1.30 bits per heavy atom. The standard InChI is InChI=1S/C8H12O2/c9-8-5-4-6-2-1-3-7(6)10-8/h6-7H,1-5H2/t6-,7-/m1/s1. The molecule has 10 heavy (non-hydrogen) atoms. The van der Waals surface area contributed by atoms with Gasteiger partial charge in [-0.3, -0.25) is 4.79 Å². The lowest BCUT2D eigenvalue weighted by atomic mass is 9.97. The molecule has 1 saturated heterocycles. The molecule has 0 aromatic heterocycles. The van der Waals surface area contributed by atoms with Crippen LogP contribution in [-0.2, 0) is 9.53 Å². The molecule has 0 amide bonds. The van der Waals surface area contributed by atoms with E-state index < -0.39 is 0 Å². The van der Waals surface area contributed by atoms with Crippen LogP contribution in [0.2, 0.25) is 0 Å². The van der Waals surface area contributed by atoms with E-state index >= 15 is 0 Å². The summed E-state index contributed by atoms with van der Waals surface area (Å²) in [6.07, 6.45) is 5.66. The maximum Gasteiger partial charge on any atom is 0.306 e. The second-order valence-corrected chi connectivity index (χ2v) is 3.26. The molecule has 0 bridgehead atoms. The fraction of sp³-hybridized carbons (Fsp3) is 0.875. The predicted octanol–water partition coefficient (Wildman–Crippen LogP) is 1.49. The molecule has 1 aliphatic heterocycles. The van der Waals surface area contributed by atoms with E-state index in [1.165, 1.54) is 12.8 Å². The van der Waals surface area contributed by atoms with Crippen molar-refractivity contribution in [2.75, 3.05) is 0 Å². The Hall–Kier alpha value is -0.530. The van der Waals surface area contributed by atoms with Gasteiger partial charge < -0.3 is 4.74 Å². The van der Waals surface area contributed by atoms with Crippen LogP contribution in [-0.4, -0.2) is 12.1 Å². The van der Waals surface area contributed by atoms with Crippen LogP contribution in [0.1, 0.15) is 32.1 Å². The topological polar surface area (TPSA) is 26.3 Å². The van der Waals surface area contributed by atoms with Gasteiger partial charge in [0.25, 0.3) is 0 Å². The number of hydrogen-bond donors (Lipinski definition) is 0. The second-order valence-electron chi connectivity index (χ2n) is 3.26. The van der Waals surface area contributed by atoms with E-state index in [2.05, 4.69) is 0 Å². The van der Waals surface area contributed by atoms with Crippen LogP contribution in [0.25, 0.3) is 0 Å². The van der Waals surface area contributed by atoms with E-state index in [4.69, 9.17) is 4.74 Å². The molecule has 1 heterocycles. The molecule has 2 aliphatic rings. The normalized spacial score (nSPS) is 39.0. The van der Waals surface area contributed by atoms with Crippen molar-refractivity contribution in [2.24, 2.45) is 5.92 Å². The van der Waals surface area contributed by atoms with Gasteiger partial charge in [-0.1, -0.05) is 0 Å². The molecule has 2 nitrogen and oxygen atoms in total. The van der Waals surface area contributed by atoms with Crippen LogP contribution in [0.15, 0.2) is 0 Å². The summed E-state index contributed by atoms with van der Waals surface area (Å²) in [6, 6.07) is 0. The maximum absolute atomic E-state index is 10.8. The summed E-state index contributed by atoms with van der Waals surface area (Å²) in [4.78, 5) is 10.8. The molecule has 0 aromatic carbocycles. The van der Waals surface area contributed by atoms with Gasteiger partial charge in [-0.25, -0.2) is 0 Å². The lowest BCUT2D eigenvalue weighted by Crippen LogP contribution is -2.27. The third-order valence-electron chi connectivity index (χ3n) is 2.59. The van der Waals surface area contributed by atoms with Crippen LogP contribution >= 0.6 is 0 Å². The molecule has 0 radical (unpaired) electrons. The molecule has 0 spiro atoms. The number of carbonyl (C=O) groups is 1. The predicted molar refractivity (Wildman–Crippen MR) is 36.5 cm³/mol. The Kier molecular flexibility index (Phi) is 1.40. The number of esters is 1. The Balaban J connectivity index is 2.03. The lowest BCUT2D eigenvalue weighted by Gasteiger charge is -2.24. The Morgan fingerprint density at radius 3 is 3.10 bits per heavy atom. The first-order valence-electron chi connectivity index (χ1n) is 4.06. The van der Waals surface area contributed by atoms with E-state index in [1.54, 1.807) is 0 Å². The Morgan fingerprint density at radius 2 is 2.20 bits per heavy atom. The maximum atomic E-state index is 10.8. The first kappa shape index (κ1) is 6.20. The summed E-state index contributed by atoms with van der Waals surface area (Å²) in [5.74, 6) is 0.723. The molecule has 2 heteroatoms. The van der Waals surface area contributed by atoms with Crippen LogP contribution in [0, 0.1) is 5.92 Å². The fourth-order valence-electron chi connectivity index (χ4n) is 2.02. The average Bonchev–Trinajstić information content (AvgIpc) is 2.33. The first-order valence-corrected chi connectivity index (χ1v) is 4.06. The van der Waals surface area contributed by atoms with Gasteiger partial charge in [0, 0.05) is 6.42 Å². The molecular weight excluding hydrogens is 128 g/mol. The van der Waals surface area contributed by atoms with Crippen molar-refractivity contribution in [2.45, 2.75) is 38.2 Å². The number of ether oxygens (including phenoxy) is 1. The van der Waals surface area contributed by atoms with Crippen LogP contribution in [0.4, 0.5) is 0 Å². The zero-order valence-electron chi connectivity index (χ0n) is 6.01. The van der Waals surface area contributed by atoms with E-state index in [1.807, 2.05) is 0 Å². The number of fused-ring (bicyclic) bond motifs is 1. The molecule has 2 fully saturated rings. The molecule has 2 atom stereocenters. The van der Waals surface area contributed by atoms with Gasteiger partial charge in [0.15, 0.2) is 0 Å². The minimum Gasteiger partial charge on any atom is -0.462 e. The summed E-state index contributed by atoms with van der Waals surface area (Å²) < 4.78 is 5.17. The van der Waals surface area contributed by atoms with Crippen molar-refractivity contribution >= 4 is 5.97 Å². The smallest absolute Gasteiger partial charge is 0.306 e. The highest BCUT2D eigenvalue weighted by Crippen LogP contribution is 2.35. The van der Waals surface area contributed by atoms with Crippen molar-refractivity contribution in [1.82, 2.24) is 0 Å². The van der Waals surface area contributed by atoms with E-state index in [0.717, 1.165) is 12.8 Å². The zero-order valence-corrected chi connectivity index (χ0v) is 6.01. The minimum atomic E-state index is 0.0168. The van der Waals surface area contributed by atoms with Crippen molar-refractivity contribution in [3.63, 3.8) is 0 Å². The first-order chi connectivity index (χ1) is 4.86. The number of carbonyl (C=O) groups excluding carboxylic acids is 1. The third-order valence-corrected chi connectivity index (χ3v) is 2.59. The van der Waals surface area contributed by atoms with Gasteiger partial charge >= 0.3 is 5.97 Å². The monoisotopic (exact) mass is 140 g/mol. The minimum absolute atomic E-state index is 0.0168. The summed E-state index contributed by atoms with van der Waals surface area (Å²) in [6.45, 7) is 0. The fourth-order valence-corrected chi connectivity index (χ4v) is 2.02. The van der Waals surface area contributed by atoms with Crippen molar-refractivity contribution in [1.29, 1.82) is 0 Å². The van der Waals surface area contributed by atoms with Gasteiger partial charge in [0.2, 0.25) is 0 Å². The van der Waals surface area contributed by atoms with Gasteiger partial charge in [0.05, 0.1) is 0 Å². The van der Waals surface area contributed by atoms with Gasteiger partial charge in [0.1, 0.15) is 6.10 Å². The summed E-state index contributed by atoms with van der Waals surface area (Å²) in [7, 11) is 0. The molecule has 1 aliphatic carbocycles. The highest BCUT2D eigenvalue weighted by molar-refractivity contribution is 5.70. The molecule has 0 aromatic rings. The lowest BCUT2D eigenvalue weighted by molar-refractivity contribution is -0.156. The summed E-state index contributed by atoms with van der Waals surface area (Å²) in [5.41, 5.74) is 0. The molecule has 0 N–H and O–H groups in total. The van der Waals surface area contributed by atoms with Gasteiger partial charge in [-0.2, -0.15) is 0 Å². The summed E-state index contributed by atoms with van der Waals surface area (Å²) in [5, 5.41) is 0. The van der Waals surface area contributed by atoms with Crippen molar-refractivity contribution in [3.05, 3.63) is 0 Å². The SMILES string of the molecule is O=C1CC[C@H]2CCC[C@H]2O1. The average molecular weight is 140 g/mol. The van der Waals surface area contributed by atoms with Gasteiger partial charge in [-0.15, -0.1) is 0 Å². The Labute approximate surface area is 60.6 Å². The molecular formula is C8H12O2. The molecule has 0 unspecified atom stereocenters. The zero-order chi connectivity index (χ0) is 6.97. The quantitative estimate of drug-likeness (QED) is 0.476.